The number of fused-ring (bicyclic) bond motifs is 1. The normalized spacial score (nSPS) is 35.4. The molecule has 10 heavy (non-hydrogen) atoms. The lowest BCUT2D eigenvalue weighted by atomic mass is 10.0. The number of quaternary nitrogens is 1. The fourth-order valence-electron chi connectivity index (χ4n) is 2.19. The minimum Gasteiger partial charge on any atom is -0.344 e. The molecular formula is C8H17N2+. The fourth-order valence-corrected chi connectivity index (χ4v) is 2.19. The largest absolute Gasteiger partial charge is 0.344 e. The van der Waals surface area contributed by atoms with Crippen LogP contribution < -0.4 is 5.32 Å². The van der Waals surface area contributed by atoms with Crippen molar-refractivity contribution in [2.75, 3.05) is 26.2 Å². The Balaban J connectivity index is 1.93. The van der Waals surface area contributed by atoms with Gasteiger partial charge in [-0.05, 0) is 19.4 Å². The van der Waals surface area contributed by atoms with E-state index in [0.717, 1.165) is 6.04 Å². The molecule has 0 spiro atoms. The van der Waals surface area contributed by atoms with Crippen LogP contribution in [0.1, 0.15) is 19.3 Å². The molecule has 2 nitrogen and oxygen atoms in total. The number of nitrogens with zero attached hydrogens (tertiary/aromatic N) is 1. The number of piperazine rings is 1. The highest BCUT2D eigenvalue weighted by molar-refractivity contribution is 4.77. The van der Waals surface area contributed by atoms with Gasteiger partial charge in [0.05, 0.1) is 19.1 Å². The molecule has 2 aliphatic rings. The monoisotopic (exact) mass is 141 g/mol. The van der Waals surface area contributed by atoms with Gasteiger partial charge in [0, 0.05) is 6.54 Å². The van der Waals surface area contributed by atoms with Gasteiger partial charge in [0.1, 0.15) is 0 Å². The smallest absolute Gasteiger partial charge is 0.0913 e. The molecule has 2 heterocycles. The molecule has 2 aliphatic heterocycles. The van der Waals surface area contributed by atoms with Gasteiger partial charge in [-0.25, -0.2) is 0 Å². The molecule has 2 rings (SSSR count). The Morgan fingerprint density at radius 3 is 3.10 bits per heavy atom. The third kappa shape index (κ3) is 1.18. The molecular weight excluding hydrogens is 124 g/mol. The maximum atomic E-state index is 2.67. The summed E-state index contributed by atoms with van der Waals surface area (Å²) in [6.07, 6.45) is 4.36. The summed E-state index contributed by atoms with van der Waals surface area (Å²) >= 11 is 0. The maximum absolute atomic E-state index is 2.67. The molecule has 0 aromatic carbocycles. The van der Waals surface area contributed by atoms with Crippen LogP contribution in [0.4, 0.5) is 0 Å². The van der Waals surface area contributed by atoms with Gasteiger partial charge >= 0.3 is 0 Å². The molecule has 0 bridgehead atoms. The van der Waals surface area contributed by atoms with Gasteiger partial charge in [0.2, 0.25) is 0 Å². The maximum Gasteiger partial charge on any atom is 0.0913 e. The summed E-state index contributed by atoms with van der Waals surface area (Å²) in [5.41, 5.74) is 0. The summed E-state index contributed by atoms with van der Waals surface area (Å²) < 4.78 is 0. The number of hydrogen-bond donors (Lipinski definition) is 1. The molecule has 0 aromatic rings. The Bertz CT molecular complexity index is 87.8. The molecule has 0 amide bonds. The highest BCUT2D eigenvalue weighted by Crippen LogP contribution is 2.15. The molecule has 0 saturated carbocycles. The lowest BCUT2D eigenvalue weighted by Gasteiger charge is -2.37. The van der Waals surface area contributed by atoms with Crippen LogP contribution in [0.5, 0.6) is 0 Å². The van der Waals surface area contributed by atoms with Crippen molar-refractivity contribution in [3.8, 4) is 0 Å². The van der Waals surface area contributed by atoms with Crippen LogP contribution in [0.25, 0.3) is 0 Å². The topological polar surface area (TPSA) is 19.9 Å². The number of hydrogen-bond acceptors (Lipinski definition) is 1. The van der Waals surface area contributed by atoms with E-state index >= 15 is 0 Å². The van der Waals surface area contributed by atoms with E-state index in [1.807, 2.05) is 0 Å². The van der Waals surface area contributed by atoms with Crippen molar-refractivity contribution in [1.82, 2.24) is 4.90 Å². The van der Waals surface area contributed by atoms with Gasteiger partial charge in [-0.15, -0.1) is 0 Å². The number of piperidine rings is 1. The van der Waals surface area contributed by atoms with Crippen molar-refractivity contribution in [3.63, 3.8) is 0 Å². The fraction of sp³-hybridized carbons (Fsp3) is 1.00. The lowest BCUT2D eigenvalue weighted by Crippen LogP contribution is -2.91. The van der Waals surface area contributed by atoms with Crippen LogP contribution in [0.15, 0.2) is 0 Å². The van der Waals surface area contributed by atoms with Gasteiger partial charge in [0.25, 0.3) is 0 Å². The minimum atomic E-state index is 0.933. The predicted octanol–water partition coefficient (Wildman–Crippen LogP) is -0.582. The lowest BCUT2D eigenvalue weighted by molar-refractivity contribution is -0.669. The average molecular weight is 141 g/mol. The Morgan fingerprint density at radius 1 is 1.20 bits per heavy atom. The van der Waals surface area contributed by atoms with Crippen molar-refractivity contribution in [1.29, 1.82) is 0 Å². The third-order valence-corrected chi connectivity index (χ3v) is 2.81. The quantitative estimate of drug-likeness (QED) is 0.478. The number of rotatable bonds is 0. The van der Waals surface area contributed by atoms with Crippen molar-refractivity contribution in [2.45, 2.75) is 25.3 Å². The Labute approximate surface area is 62.6 Å². The summed E-state index contributed by atoms with van der Waals surface area (Å²) in [5, 5.41) is 2.46. The molecule has 0 radical (unpaired) electrons. The van der Waals surface area contributed by atoms with Crippen molar-refractivity contribution < 1.29 is 5.32 Å². The third-order valence-electron chi connectivity index (χ3n) is 2.81. The van der Waals surface area contributed by atoms with E-state index in [0.29, 0.717) is 0 Å². The van der Waals surface area contributed by atoms with E-state index in [1.165, 1.54) is 45.4 Å². The van der Waals surface area contributed by atoms with Crippen molar-refractivity contribution >= 4 is 0 Å². The van der Waals surface area contributed by atoms with Crippen molar-refractivity contribution in [2.24, 2.45) is 0 Å². The second-order valence-electron chi connectivity index (χ2n) is 3.50. The first-order chi connectivity index (χ1) is 4.97. The zero-order valence-electron chi connectivity index (χ0n) is 6.55. The summed E-state index contributed by atoms with van der Waals surface area (Å²) in [6.45, 7) is 5.40. The van der Waals surface area contributed by atoms with E-state index in [-0.39, 0.29) is 0 Å². The van der Waals surface area contributed by atoms with Crippen LogP contribution in [-0.4, -0.2) is 37.1 Å². The van der Waals surface area contributed by atoms with Gasteiger partial charge in [-0.1, -0.05) is 6.42 Å². The molecule has 1 atom stereocenters. The van der Waals surface area contributed by atoms with Crippen LogP contribution in [0.3, 0.4) is 0 Å². The van der Waals surface area contributed by atoms with E-state index in [4.69, 9.17) is 0 Å². The van der Waals surface area contributed by atoms with Crippen molar-refractivity contribution in [3.05, 3.63) is 0 Å². The molecule has 2 saturated heterocycles. The van der Waals surface area contributed by atoms with E-state index in [2.05, 4.69) is 10.2 Å². The molecule has 2 heteroatoms. The second kappa shape index (κ2) is 2.89. The first-order valence-electron chi connectivity index (χ1n) is 4.52. The highest BCUT2D eigenvalue weighted by atomic mass is 15.2. The Kier molecular flexibility index (Phi) is 1.91. The minimum absolute atomic E-state index is 0.933. The van der Waals surface area contributed by atoms with Gasteiger partial charge < -0.3 is 5.32 Å². The zero-order chi connectivity index (χ0) is 6.81. The molecule has 2 fully saturated rings. The van der Waals surface area contributed by atoms with Gasteiger partial charge in [0.15, 0.2) is 0 Å². The first kappa shape index (κ1) is 6.62. The van der Waals surface area contributed by atoms with Crippen LogP contribution >= 0.6 is 0 Å². The summed E-state index contributed by atoms with van der Waals surface area (Å²) in [4.78, 5) is 2.67. The molecule has 2 N–H and O–H groups in total. The number of nitrogens with two attached hydrogens (primary N) is 1. The van der Waals surface area contributed by atoms with Gasteiger partial charge in [-0.3, -0.25) is 4.90 Å². The predicted molar refractivity (Wildman–Crippen MR) is 40.9 cm³/mol. The Morgan fingerprint density at radius 2 is 2.20 bits per heavy atom. The van der Waals surface area contributed by atoms with Gasteiger partial charge in [-0.2, -0.15) is 0 Å². The standard InChI is InChI=1S/C8H16N2/c1-2-5-10-6-4-9-7-8(10)3-1/h8-9H,1-7H2/p+1/t8-/m0/s1. The second-order valence-corrected chi connectivity index (χ2v) is 3.50. The summed E-state index contributed by atoms with van der Waals surface area (Å²) in [5.74, 6) is 0. The molecule has 0 aromatic heterocycles. The summed E-state index contributed by atoms with van der Waals surface area (Å²) in [7, 11) is 0. The van der Waals surface area contributed by atoms with E-state index in [1.54, 1.807) is 0 Å². The summed E-state index contributed by atoms with van der Waals surface area (Å²) in [6, 6.07) is 0.933. The SMILES string of the molecule is C1CCN2CC[NH2+]C[C@@H]2C1. The first-order valence-corrected chi connectivity index (χ1v) is 4.52. The molecule has 58 valence electrons. The van der Waals surface area contributed by atoms with E-state index < -0.39 is 0 Å². The average Bonchev–Trinajstić information content (AvgIpc) is 2.05. The highest BCUT2D eigenvalue weighted by Gasteiger charge is 2.26. The van der Waals surface area contributed by atoms with Crippen LogP contribution in [-0.2, 0) is 0 Å². The molecule has 0 unspecified atom stereocenters. The van der Waals surface area contributed by atoms with Crippen LogP contribution in [0.2, 0.25) is 0 Å². The molecule has 0 aliphatic carbocycles. The zero-order valence-corrected chi connectivity index (χ0v) is 6.55. The Hall–Kier alpha value is -0.0800. The van der Waals surface area contributed by atoms with E-state index in [9.17, 15) is 0 Å². The van der Waals surface area contributed by atoms with Crippen LogP contribution in [0, 0.1) is 0 Å².